The van der Waals surface area contributed by atoms with E-state index in [1.54, 1.807) is 14.2 Å². The third kappa shape index (κ3) is 2.67. The van der Waals surface area contributed by atoms with Crippen molar-refractivity contribution in [3.8, 4) is 11.5 Å². The number of ether oxygens (including phenoxy) is 2. The summed E-state index contributed by atoms with van der Waals surface area (Å²) in [5, 5.41) is 3.91. The van der Waals surface area contributed by atoms with Gasteiger partial charge in [-0.15, -0.1) is 0 Å². The summed E-state index contributed by atoms with van der Waals surface area (Å²) in [5.41, 5.74) is 2.63. The van der Waals surface area contributed by atoms with Crippen molar-refractivity contribution < 1.29 is 9.47 Å². The Bertz CT molecular complexity index is 589. The first kappa shape index (κ1) is 16.4. The quantitative estimate of drug-likeness (QED) is 0.901. The van der Waals surface area contributed by atoms with Crippen LogP contribution in [0.4, 0.5) is 5.69 Å². The minimum absolute atomic E-state index is 0.153. The van der Waals surface area contributed by atoms with Crippen LogP contribution in [0, 0.1) is 5.92 Å². The van der Waals surface area contributed by atoms with Gasteiger partial charge in [-0.2, -0.15) is 0 Å². The van der Waals surface area contributed by atoms with E-state index in [1.165, 1.54) is 12.0 Å². The number of rotatable bonds is 2. The number of benzene rings is 1. The third-order valence-electron chi connectivity index (χ3n) is 6.05. The Morgan fingerprint density at radius 1 is 1.13 bits per heavy atom. The predicted octanol–water partition coefficient (Wildman–Crippen LogP) is 3.72. The molecule has 3 rings (SSSR count). The zero-order valence-corrected chi connectivity index (χ0v) is 15.3. The van der Waals surface area contributed by atoms with Crippen LogP contribution < -0.4 is 14.8 Å². The molecule has 2 aliphatic heterocycles. The molecule has 23 heavy (non-hydrogen) atoms. The summed E-state index contributed by atoms with van der Waals surface area (Å²) in [5.74, 6) is 2.86. The minimum Gasteiger partial charge on any atom is -0.497 e. The van der Waals surface area contributed by atoms with Crippen LogP contribution in [0.1, 0.15) is 45.1 Å². The first-order chi connectivity index (χ1) is 10.9. The largest absolute Gasteiger partial charge is 0.497 e. The summed E-state index contributed by atoms with van der Waals surface area (Å²) in [4.78, 5) is 2.48. The lowest BCUT2D eigenvalue weighted by atomic mass is 9.68. The Kier molecular flexibility index (Phi) is 4.21. The van der Waals surface area contributed by atoms with Crippen molar-refractivity contribution >= 4 is 5.69 Å². The van der Waals surface area contributed by atoms with Gasteiger partial charge in [0.25, 0.3) is 0 Å². The van der Waals surface area contributed by atoms with E-state index >= 15 is 0 Å². The highest BCUT2D eigenvalue weighted by Crippen LogP contribution is 2.50. The van der Waals surface area contributed by atoms with Gasteiger partial charge in [0.1, 0.15) is 11.5 Å². The summed E-state index contributed by atoms with van der Waals surface area (Å²) < 4.78 is 11.1. The Morgan fingerprint density at radius 2 is 1.87 bits per heavy atom. The molecule has 1 aromatic rings. The Labute approximate surface area is 140 Å². The second-order valence-electron chi connectivity index (χ2n) is 7.57. The summed E-state index contributed by atoms with van der Waals surface area (Å²) >= 11 is 0. The van der Waals surface area contributed by atoms with Crippen molar-refractivity contribution in [3.05, 3.63) is 17.7 Å². The van der Waals surface area contributed by atoms with E-state index in [4.69, 9.17) is 9.47 Å². The molecular formula is C19H30N2O2. The fourth-order valence-electron chi connectivity index (χ4n) is 4.50. The molecule has 4 heteroatoms. The lowest BCUT2D eigenvalue weighted by Crippen LogP contribution is -2.59. The molecule has 128 valence electrons. The monoisotopic (exact) mass is 318 g/mol. The molecule has 4 atom stereocenters. The zero-order valence-electron chi connectivity index (χ0n) is 15.3. The average molecular weight is 318 g/mol. The Balaban J connectivity index is 2.03. The molecule has 2 aliphatic rings. The standard InChI is InChI=1S/C19H30N2O2/c1-12-9-19(10-14(3)21(4)11-13(19)2)20-18-16(12)7-15(22-5)8-17(18)23-6/h7-8,12-14,20H,9-11H2,1-6H3. The number of nitrogens with zero attached hydrogens (tertiary/aromatic N) is 1. The van der Waals surface area contributed by atoms with Gasteiger partial charge in [0.15, 0.2) is 0 Å². The molecule has 0 aromatic heterocycles. The van der Waals surface area contributed by atoms with E-state index < -0.39 is 0 Å². The minimum atomic E-state index is 0.153. The second-order valence-corrected chi connectivity index (χ2v) is 7.57. The van der Waals surface area contributed by atoms with Gasteiger partial charge in [0, 0.05) is 24.2 Å². The van der Waals surface area contributed by atoms with E-state index in [1.807, 2.05) is 6.07 Å². The SMILES string of the molecule is COc1cc(OC)c2c(c1)C(C)CC1(CC(C)N(C)CC1C)N2. The predicted molar refractivity (Wildman–Crippen MR) is 94.8 cm³/mol. The number of piperidine rings is 1. The third-order valence-corrected chi connectivity index (χ3v) is 6.05. The van der Waals surface area contributed by atoms with E-state index in [2.05, 4.69) is 44.1 Å². The number of hydrogen-bond donors (Lipinski definition) is 1. The van der Waals surface area contributed by atoms with Gasteiger partial charge >= 0.3 is 0 Å². The van der Waals surface area contributed by atoms with Crippen LogP contribution in [0.5, 0.6) is 11.5 Å². The maximum absolute atomic E-state index is 5.67. The summed E-state index contributed by atoms with van der Waals surface area (Å²) in [6.45, 7) is 8.18. The lowest BCUT2D eigenvalue weighted by Gasteiger charge is -2.53. The second kappa shape index (κ2) is 5.90. The first-order valence-electron chi connectivity index (χ1n) is 8.64. The number of nitrogens with one attached hydrogen (secondary N) is 1. The van der Waals surface area contributed by atoms with Crippen LogP contribution in [0.15, 0.2) is 12.1 Å². The molecule has 1 N–H and O–H groups in total. The smallest absolute Gasteiger partial charge is 0.145 e. The molecule has 0 aliphatic carbocycles. The number of anilines is 1. The van der Waals surface area contributed by atoms with Crippen LogP contribution >= 0.6 is 0 Å². The summed E-state index contributed by atoms with van der Waals surface area (Å²) in [6.07, 6.45) is 2.33. The molecule has 1 spiro atoms. The highest BCUT2D eigenvalue weighted by Gasteiger charge is 2.46. The molecular weight excluding hydrogens is 288 g/mol. The molecule has 0 saturated carbocycles. The van der Waals surface area contributed by atoms with Crippen molar-refractivity contribution in [2.45, 2.75) is 51.1 Å². The molecule has 1 saturated heterocycles. The van der Waals surface area contributed by atoms with Gasteiger partial charge in [-0.3, -0.25) is 0 Å². The molecule has 0 amide bonds. The average Bonchev–Trinajstić information content (AvgIpc) is 2.52. The van der Waals surface area contributed by atoms with Crippen LogP contribution in [0.2, 0.25) is 0 Å². The highest BCUT2D eigenvalue weighted by molar-refractivity contribution is 5.69. The van der Waals surface area contributed by atoms with Gasteiger partial charge < -0.3 is 19.7 Å². The zero-order chi connectivity index (χ0) is 16.8. The van der Waals surface area contributed by atoms with Crippen LogP contribution in [0.3, 0.4) is 0 Å². The molecule has 1 aromatic carbocycles. The van der Waals surface area contributed by atoms with Crippen molar-refractivity contribution in [2.75, 3.05) is 33.1 Å². The highest BCUT2D eigenvalue weighted by atomic mass is 16.5. The van der Waals surface area contributed by atoms with Crippen molar-refractivity contribution in [3.63, 3.8) is 0 Å². The van der Waals surface area contributed by atoms with Gasteiger partial charge in [0.2, 0.25) is 0 Å². The van der Waals surface area contributed by atoms with Crippen molar-refractivity contribution in [1.29, 1.82) is 0 Å². The van der Waals surface area contributed by atoms with Gasteiger partial charge in [0.05, 0.1) is 19.9 Å². The molecule has 1 fully saturated rings. The number of methoxy groups -OCH3 is 2. The van der Waals surface area contributed by atoms with E-state index in [0.717, 1.165) is 30.2 Å². The first-order valence-corrected chi connectivity index (χ1v) is 8.64. The molecule has 2 heterocycles. The molecule has 4 unspecified atom stereocenters. The number of hydrogen-bond acceptors (Lipinski definition) is 4. The summed E-state index contributed by atoms with van der Waals surface area (Å²) in [7, 11) is 5.69. The molecule has 4 nitrogen and oxygen atoms in total. The normalized spacial score (nSPS) is 33.9. The molecule has 0 radical (unpaired) electrons. The van der Waals surface area contributed by atoms with Crippen molar-refractivity contribution in [2.24, 2.45) is 5.92 Å². The fourth-order valence-corrected chi connectivity index (χ4v) is 4.50. The van der Waals surface area contributed by atoms with Gasteiger partial charge in [-0.1, -0.05) is 13.8 Å². The Hall–Kier alpha value is -1.42. The van der Waals surface area contributed by atoms with Crippen LogP contribution in [-0.4, -0.2) is 44.3 Å². The Morgan fingerprint density at radius 3 is 2.52 bits per heavy atom. The molecule has 0 bridgehead atoms. The lowest BCUT2D eigenvalue weighted by molar-refractivity contribution is 0.0800. The van der Waals surface area contributed by atoms with E-state index in [-0.39, 0.29) is 5.54 Å². The number of likely N-dealkylation sites (tertiary alicyclic amines) is 1. The van der Waals surface area contributed by atoms with Crippen LogP contribution in [-0.2, 0) is 0 Å². The van der Waals surface area contributed by atoms with E-state index in [9.17, 15) is 0 Å². The van der Waals surface area contributed by atoms with Gasteiger partial charge in [-0.25, -0.2) is 0 Å². The van der Waals surface area contributed by atoms with Crippen molar-refractivity contribution in [1.82, 2.24) is 4.90 Å². The summed E-state index contributed by atoms with van der Waals surface area (Å²) in [6, 6.07) is 4.74. The van der Waals surface area contributed by atoms with Crippen LogP contribution in [0.25, 0.3) is 0 Å². The number of fused-ring (bicyclic) bond motifs is 1. The maximum Gasteiger partial charge on any atom is 0.145 e. The topological polar surface area (TPSA) is 33.7 Å². The van der Waals surface area contributed by atoms with E-state index in [0.29, 0.717) is 17.9 Å². The maximum atomic E-state index is 5.67. The van der Waals surface area contributed by atoms with Gasteiger partial charge in [-0.05, 0) is 50.3 Å². The fraction of sp³-hybridized carbons (Fsp3) is 0.684.